The van der Waals surface area contributed by atoms with Crippen LogP contribution in [0.15, 0.2) is 18.2 Å². The van der Waals surface area contributed by atoms with Crippen molar-refractivity contribution in [2.24, 2.45) is 5.92 Å². The lowest BCUT2D eigenvalue weighted by atomic mass is 9.95. The summed E-state index contributed by atoms with van der Waals surface area (Å²) in [6.07, 6.45) is -0.843. The largest absolute Gasteiger partial charge is 0.461 e. The Balaban J connectivity index is 1.42. The molecule has 1 aromatic carbocycles. The molecule has 2 aromatic rings. The highest BCUT2D eigenvalue weighted by atomic mass is 19.1. The fraction of sp³-hybridized carbons (Fsp3) is 0.609. The maximum atomic E-state index is 14.6. The van der Waals surface area contributed by atoms with Crippen LogP contribution in [0.5, 0.6) is 6.01 Å². The summed E-state index contributed by atoms with van der Waals surface area (Å²) in [4.78, 5) is 12.6. The van der Waals surface area contributed by atoms with Gasteiger partial charge in [-0.05, 0) is 37.6 Å². The highest BCUT2D eigenvalue weighted by Crippen LogP contribution is 2.44. The minimum absolute atomic E-state index is 0.0583. The number of benzene rings is 1. The third-order valence-electron chi connectivity index (χ3n) is 7.17. The number of aromatic nitrogens is 2. The van der Waals surface area contributed by atoms with Crippen molar-refractivity contribution < 1.29 is 21.0 Å². The van der Waals surface area contributed by atoms with Gasteiger partial charge in [0, 0.05) is 30.8 Å². The molecule has 1 saturated carbocycles. The number of ether oxygens (including phenoxy) is 2. The second kappa shape index (κ2) is 7.49. The van der Waals surface area contributed by atoms with Crippen LogP contribution in [0, 0.1) is 17.2 Å². The van der Waals surface area contributed by atoms with Crippen molar-refractivity contribution in [3.8, 4) is 12.1 Å². The van der Waals surface area contributed by atoms with E-state index in [1.807, 2.05) is 9.80 Å². The van der Waals surface area contributed by atoms with Crippen molar-refractivity contribution >= 4 is 16.7 Å². The molecule has 4 heterocycles. The van der Waals surface area contributed by atoms with Gasteiger partial charge in [-0.1, -0.05) is 0 Å². The Morgan fingerprint density at radius 1 is 1.34 bits per heavy atom. The van der Waals surface area contributed by atoms with Gasteiger partial charge in [-0.3, -0.25) is 4.90 Å². The Labute approximate surface area is 187 Å². The van der Waals surface area contributed by atoms with Gasteiger partial charge < -0.3 is 14.4 Å². The number of hydrogen-bond acceptors (Lipinski definition) is 7. The lowest BCUT2D eigenvalue weighted by molar-refractivity contribution is 0.107. The highest BCUT2D eigenvalue weighted by molar-refractivity contribution is 5.91. The quantitative estimate of drug-likeness (QED) is 0.719. The number of anilines is 1. The molecule has 4 aliphatic rings. The van der Waals surface area contributed by atoms with E-state index in [0.717, 1.165) is 6.42 Å². The van der Waals surface area contributed by atoms with Crippen LogP contribution in [-0.2, 0) is 4.74 Å². The smallest absolute Gasteiger partial charge is 0.319 e. The van der Waals surface area contributed by atoms with Crippen molar-refractivity contribution in [2.75, 3.05) is 44.3 Å². The van der Waals surface area contributed by atoms with Gasteiger partial charge in [0.1, 0.15) is 24.7 Å². The van der Waals surface area contributed by atoms with Crippen LogP contribution in [0.2, 0.25) is 0 Å². The number of rotatable bonds is 4. The van der Waals surface area contributed by atoms with E-state index in [2.05, 4.69) is 16.0 Å². The fourth-order valence-electron chi connectivity index (χ4n) is 5.51. The lowest BCUT2D eigenvalue weighted by Gasteiger charge is -2.31. The number of hydrogen-bond donors (Lipinski definition) is 0. The van der Waals surface area contributed by atoms with Crippen LogP contribution >= 0.6 is 0 Å². The van der Waals surface area contributed by atoms with Crippen LogP contribution in [0.3, 0.4) is 0 Å². The maximum Gasteiger partial charge on any atom is 0.319 e. The minimum atomic E-state index is -2.23. The average molecular weight is 443 g/mol. The molecule has 168 valence electrons. The molecule has 7 nitrogen and oxygen atoms in total. The zero-order chi connectivity index (χ0) is 23.7. The molecule has 9 heteroatoms. The van der Waals surface area contributed by atoms with Crippen LogP contribution in [-0.4, -0.2) is 78.2 Å². The predicted molar refractivity (Wildman–Crippen MR) is 113 cm³/mol. The Hall–Kier alpha value is -2.57. The average Bonchev–Trinajstić information content (AvgIpc) is 3.16. The van der Waals surface area contributed by atoms with E-state index in [1.54, 1.807) is 18.2 Å². The van der Waals surface area contributed by atoms with E-state index >= 15 is 0 Å². The first kappa shape index (κ1) is 17.9. The summed E-state index contributed by atoms with van der Waals surface area (Å²) in [5.41, 5.74) is -0.197. The minimum Gasteiger partial charge on any atom is -0.461 e. The zero-order valence-electron chi connectivity index (χ0n) is 19.5. The van der Waals surface area contributed by atoms with Crippen LogP contribution < -0.4 is 9.64 Å². The monoisotopic (exact) mass is 443 g/mol. The van der Waals surface area contributed by atoms with E-state index in [9.17, 15) is 14.0 Å². The molecule has 1 aliphatic carbocycles. The number of halogens is 2. The van der Waals surface area contributed by atoms with Gasteiger partial charge in [0.2, 0.25) is 0 Å². The molecule has 0 N–H and O–H groups in total. The molecule has 5 atom stereocenters. The van der Waals surface area contributed by atoms with E-state index in [1.165, 1.54) is 0 Å². The van der Waals surface area contributed by atoms with E-state index in [4.69, 9.17) is 12.2 Å². The van der Waals surface area contributed by atoms with Crippen LogP contribution in [0.1, 0.15) is 27.6 Å². The molecule has 0 unspecified atom stereocenters. The molecule has 0 spiro atoms. The number of nitrogens with zero attached hydrogens (tertiary/aromatic N) is 5. The topological polar surface area (TPSA) is 74.5 Å². The van der Waals surface area contributed by atoms with Gasteiger partial charge in [0.05, 0.1) is 44.7 Å². The highest BCUT2D eigenvalue weighted by Gasteiger charge is 2.56. The van der Waals surface area contributed by atoms with Crippen molar-refractivity contribution in [2.45, 2.75) is 43.2 Å². The number of nitriles is 1. The summed E-state index contributed by atoms with van der Waals surface area (Å²) in [7, 11) is 0. The standard InChI is InChI=1S/C23H25F2N5O2/c24-15-9-23(4-1-5-29(23)11-15)13-32-22-27-18-3-2-14(10-26)8-16(18)21(28-22)30-6-7-31-12-17-19(25)20(17)30/h2-3,8,15,17,19-20H,1,4-7,9,11-13H2/t15-,17+,19+,20+,23+/m1/s1/i13D2. The molecule has 32 heavy (non-hydrogen) atoms. The first-order valence-corrected chi connectivity index (χ1v) is 11.1. The van der Waals surface area contributed by atoms with Crippen molar-refractivity contribution in [3.05, 3.63) is 23.8 Å². The maximum absolute atomic E-state index is 14.6. The van der Waals surface area contributed by atoms with E-state index in [0.29, 0.717) is 55.0 Å². The molecule has 0 amide bonds. The van der Waals surface area contributed by atoms with Gasteiger partial charge in [-0.2, -0.15) is 15.2 Å². The Bertz CT molecular complexity index is 1180. The first-order chi connectivity index (χ1) is 16.3. The fourth-order valence-corrected chi connectivity index (χ4v) is 5.51. The summed E-state index contributed by atoms with van der Waals surface area (Å²) >= 11 is 0. The Morgan fingerprint density at radius 3 is 3.12 bits per heavy atom. The summed E-state index contributed by atoms with van der Waals surface area (Å²) < 4.78 is 57.8. The van der Waals surface area contributed by atoms with E-state index < -0.39 is 30.5 Å². The summed E-state index contributed by atoms with van der Waals surface area (Å²) in [6, 6.07) is 6.44. The molecule has 3 saturated heterocycles. The van der Waals surface area contributed by atoms with Gasteiger partial charge in [0.15, 0.2) is 0 Å². The normalized spacial score (nSPS) is 35.5. The van der Waals surface area contributed by atoms with Gasteiger partial charge in [0.25, 0.3) is 0 Å². The molecule has 6 rings (SSSR count). The SMILES string of the molecule is [2H]C([2H])(Oc1nc(N2CCOC[C@H]3[C@H](F)[C@H]32)c2cc(C#N)ccc2n1)[C@@]12CCCN1C[C@H](F)C2. The Morgan fingerprint density at radius 2 is 2.25 bits per heavy atom. The first-order valence-electron chi connectivity index (χ1n) is 12.1. The molecule has 3 aliphatic heterocycles. The summed E-state index contributed by atoms with van der Waals surface area (Å²) in [5, 5.41) is 9.95. The predicted octanol–water partition coefficient (Wildman–Crippen LogP) is 2.63. The molecule has 0 radical (unpaired) electrons. The third-order valence-corrected chi connectivity index (χ3v) is 7.17. The molecule has 0 bridgehead atoms. The van der Waals surface area contributed by atoms with Crippen molar-refractivity contribution in [1.29, 1.82) is 5.26 Å². The summed E-state index contributed by atoms with van der Waals surface area (Å²) in [6.45, 7) is -0.274. The molecular weight excluding hydrogens is 416 g/mol. The lowest BCUT2D eigenvalue weighted by Crippen LogP contribution is -2.43. The summed E-state index contributed by atoms with van der Waals surface area (Å²) in [5.74, 6) is 0.137. The third kappa shape index (κ3) is 3.20. The molecular formula is C23H25F2N5O2. The van der Waals surface area contributed by atoms with Gasteiger partial charge >= 0.3 is 6.01 Å². The molecule has 1 aromatic heterocycles. The molecule has 4 fully saturated rings. The second-order valence-electron chi connectivity index (χ2n) is 9.13. The second-order valence-corrected chi connectivity index (χ2v) is 9.13. The Kier molecular flexibility index (Phi) is 4.20. The van der Waals surface area contributed by atoms with Gasteiger partial charge in [-0.25, -0.2) is 8.78 Å². The zero-order valence-corrected chi connectivity index (χ0v) is 17.5. The van der Waals surface area contributed by atoms with Crippen LogP contribution in [0.25, 0.3) is 10.9 Å². The number of fused-ring (bicyclic) bond motifs is 3. The number of alkyl halides is 2. The van der Waals surface area contributed by atoms with Crippen molar-refractivity contribution in [3.63, 3.8) is 0 Å². The van der Waals surface area contributed by atoms with Crippen molar-refractivity contribution in [1.82, 2.24) is 14.9 Å². The van der Waals surface area contributed by atoms with Crippen LogP contribution in [0.4, 0.5) is 14.6 Å². The van der Waals surface area contributed by atoms with E-state index in [-0.39, 0.29) is 24.9 Å². The van der Waals surface area contributed by atoms with Gasteiger partial charge in [-0.15, -0.1) is 0 Å².